The number of carbonyl (C=O) groups is 2. The number of anilines is 1. The zero-order valence-corrected chi connectivity index (χ0v) is 16.4. The summed E-state index contributed by atoms with van der Waals surface area (Å²) in [5, 5.41) is 6.85. The lowest BCUT2D eigenvalue weighted by atomic mass is 10.1. The summed E-state index contributed by atoms with van der Waals surface area (Å²) in [6, 6.07) is 15.9. The number of nitrogens with zero attached hydrogens (tertiary/aromatic N) is 1. The molecule has 4 aromatic rings. The molecule has 29 heavy (non-hydrogen) atoms. The number of nitrogens with one attached hydrogen (secondary N) is 2. The standard InChI is InChI=1S/C22H18ClN3O3/c1-26-13-18(16-6-2-3-7-20(16)26)22(28)25-19-9-8-14(23)11-17(19)21(27)24-12-15-5-4-10-29-15/h2-11,13H,12H2,1H3,(H,24,27)(H,25,28). The highest BCUT2D eigenvalue weighted by Crippen LogP contribution is 2.24. The van der Waals surface area contributed by atoms with Crippen LogP contribution in [0.3, 0.4) is 0 Å². The maximum atomic E-state index is 12.9. The molecule has 2 aromatic carbocycles. The van der Waals surface area contributed by atoms with Crippen molar-refractivity contribution in [2.24, 2.45) is 7.05 Å². The first-order chi connectivity index (χ1) is 14.0. The first-order valence-electron chi connectivity index (χ1n) is 8.98. The smallest absolute Gasteiger partial charge is 0.257 e. The average Bonchev–Trinajstić information content (AvgIpc) is 3.36. The van der Waals surface area contributed by atoms with E-state index < -0.39 is 0 Å². The number of rotatable bonds is 5. The molecule has 0 aliphatic carbocycles. The van der Waals surface area contributed by atoms with E-state index in [0.717, 1.165) is 10.9 Å². The van der Waals surface area contributed by atoms with Gasteiger partial charge in [-0.2, -0.15) is 0 Å². The fourth-order valence-electron chi connectivity index (χ4n) is 3.20. The third kappa shape index (κ3) is 3.88. The molecule has 0 radical (unpaired) electrons. The van der Waals surface area contributed by atoms with Crippen molar-refractivity contribution < 1.29 is 14.0 Å². The molecule has 0 atom stereocenters. The zero-order valence-electron chi connectivity index (χ0n) is 15.6. The summed E-state index contributed by atoms with van der Waals surface area (Å²) in [6.07, 6.45) is 3.31. The van der Waals surface area contributed by atoms with Crippen LogP contribution in [0.15, 0.2) is 71.5 Å². The predicted octanol–water partition coefficient (Wildman–Crippen LogP) is 4.61. The molecule has 2 aromatic heterocycles. The number of aryl methyl sites for hydroxylation is 1. The third-order valence-electron chi connectivity index (χ3n) is 4.62. The van der Waals surface area contributed by atoms with Gasteiger partial charge >= 0.3 is 0 Å². The van der Waals surface area contributed by atoms with Crippen LogP contribution in [-0.4, -0.2) is 16.4 Å². The molecule has 7 heteroatoms. The van der Waals surface area contributed by atoms with Crippen molar-refractivity contribution in [3.8, 4) is 0 Å². The summed E-state index contributed by atoms with van der Waals surface area (Å²) in [5.74, 6) is -0.0388. The quantitative estimate of drug-likeness (QED) is 0.507. The fourth-order valence-corrected chi connectivity index (χ4v) is 3.37. The summed E-state index contributed by atoms with van der Waals surface area (Å²) in [5.41, 5.74) is 2.13. The monoisotopic (exact) mass is 407 g/mol. The Hall–Kier alpha value is -3.51. The molecule has 2 amide bonds. The molecule has 2 N–H and O–H groups in total. The maximum Gasteiger partial charge on any atom is 0.257 e. The molecule has 0 aliphatic rings. The Morgan fingerprint density at radius 2 is 1.86 bits per heavy atom. The molecule has 0 bridgehead atoms. The van der Waals surface area contributed by atoms with E-state index in [0.29, 0.717) is 22.0 Å². The summed E-state index contributed by atoms with van der Waals surface area (Å²) in [4.78, 5) is 25.6. The van der Waals surface area contributed by atoms with Gasteiger partial charge < -0.3 is 19.6 Å². The van der Waals surface area contributed by atoms with Crippen LogP contribution in [0.2, 0.25) is 5.02 Å². The molecular formula is C22H18ClN3O3. The molecular weight excluding hydrogens is 390 g/mol. The maximum absolute atomic E-state index is 12.9. The molecule has 4 rings (SSSR count). The number of hydrogen-bond donors (Lipinski definition) is 2. The van der Waals surface area contributed by atoms with Crippen LogP contribution >= 0.6 is 11.6 Å². The average molecular weight is 408 g/mol. The van der Waals surface area contributed by atoms with Crippen LogP contribution in [0.25, 0.3) is 10.9 Å². The van der Waals surface area contributed by atoms with Crippen LogP contribution in [0.1, 0.15) is 26.5 Å². The second-order valence-corrected chi connectivity index (χ2v) is 7.01. The summed E-state index contributed by atoms with van der Waals surface area (Å²) in [7, 11) is 1.88. The van der Waals surface area contributed by atoms with Crippen molar-refractivity contribution in [2.75, 3.05) is 5.32 Å². The van der Waals surface area contributed by atoms with E-state index >= 15 is 0 Å². The number of para-hydroxylation sites is 1. The number of aromatic nitrogens is 1. The number of benzene rings is 2. The highest BCUT2D eigenvalue weighted by atomic mass is 35.5. The molecule has 0 saturated carbocycles. The van der Waals surface area contributed by atoms with Crippen molar-refractivity contribution in [1.82, 2.24) is 9.88 Å². The van der Waals surface area contributed by atoms with Gasteiger partial charge in [-0.25, -0.2) is 0 Å². The topological polar surface area (TPSA) is 76.3 Å². The lowest BCUT2D eigenvalue weighted by Crippen LogP contribution is -2.24. The lowest BCUT2D eigenvalue weighted by molar-refractivity contribution is 0.0949. The van der Waals surface area contributed by atoms with E-state index in [9.17, 15) is 9.59 Å². The van der Waals surface area contributed by atoms with Gasteiger partial charge in [0.15, 0.2) is 0 Å². The van der Waals surface area contributed by atoms with Gasteiger partial charge in [-0.3, -0.25) is 9.59 Å². The molecule has 0 aliphatic heterocycles. The number of hydrogen-bond acceptors (Lipinski definition) is 3. The largest absolute Gasteiger partial charge is 0.467 e. The minimum absolute atomic E-state index is 0.231. The number of amides is 2. The molecule has 0 spiro atoms. The molecule has 2 heterocycles. The Balaban J connectivity index is 1.59. The Kier molecular flexibility index (Phi) is 5.10. The van der Waals surface area contributed by atoms with Crippen molar-refractivity contribution >= 4 is 40.0 Å². The van der Waals surface area contributed by atoms with Crippen molar-refractivity contribution in [2.45, 2.75) is 6.54 Å². The highest BCUT2D eigenvalue weighted by Gasteiger charge is 2.18. The van der Waals surface area contributed by atoms with E-state index in [1.165, 1.54) is 12.3 Å². The van der Waals surface area contributed by atoms with E-state index in [4.69, 9.17) is 16.0 Å². The minimum Gasteiger partial charge on any atom is -0.467 e. The first-order valence-corrected chi connectivity index (χ1v) is 9.36. The minimum atomic E-state index is -0.364. The van der Waals surface area contributed by atoms with Crippen LogP contribution in [-0.2, 0) is 13.6 Å². The third-order valence-corrected chi connectivity index (χ3v) is 4.85. The molecule has 6 nitrogen and oxygen atoms in total. The van der Waals surface area contributed by atoms with Crippen molar-refractivity contribution in [3.63, 3.8) is 0 Å². The van der Waals surface area contributed by atoms with Crippen LogP contribution < -0.4 is 10.6 Å². The normalized spacial score (nSPS) is 10.8. The van der Waals surface area contributed by atoms with Gasteiger partial charge in [0.2, 0.25) is 0 Å². The summed E-state index contributed by atoms with van der Waals surface area (Å²) >= 11 is 6.08. The first kappa shape index (κ1) is 18.8. The summed E-state index contributed by atoms with van der Waals surface area (Å²) < 4.78 is 7.12. The molecule has 0 fully saturated rings. The Bertz CT molecular complexity index is 1200. The van der Waals surface area contributed by atoms with Gasteiger partial charge in [-0.05, 0) is 36.4 Å². The number of fused-ring (bicyclic) bond motifs is 1. The van der Waals surface area contributed by atoms with Gasteiger partial charge in [-0.1, -0.05) is 29.8 Å². The van der Waals surface area contributed by atoms with Crippen LogP contribution in [0, 0.1) is 0 Å². The van der Waals surface area contributed by atoms with E-state index in [1.54, 1.807) is 30.5 Å². The van der Waals surface area contributed by atoms with Gasteiger partial charge in [0.1, 0.15) is 5.76 Å². The van der Waals surface area contributed by atoms with Crippen LogP contribution in [0.5, 0.6) is 0 Å². The van der Waals surface area contributed by atoms with Crippen molar-refractivity contribution in [1.29, 1.82) is 0 Å². The van der Waals surface area contributed by atoms with E-state index in [1.807, 2.05) is 35.9 Å². The Morgan fingerprint density at radius 1 is 1.03 bits per heavy atom. The van der Waals surface area contributed by atoms with Crippen LogP contribution in [0.4, 0.5) is 5.69 Å². The second kappa shape index (κ2) is 7.85. The molecule has 0 saturated heterocycles. The van der Waals surface area contributed by atoms with E-state index in [-0.39, 0.29) is 23.9 Å². The number of halogens is 1. The van der Waals surface area contributed by atoms with E-state index in [2.05, 4.69) is 10.6 Å². The van der Waals surface area contributed by atoms with Gasteiger partial charge in [0.05, 0.1) is 29.6 Å². The SMILES string of the molecule is Cn1cc(C(=O)Nc2ccc(Cl)cc2C(=O)NCc2ccco2)c2ccccc21. The highest BCUT2D eigenvalue weighted by molar-refractivity contribution is 6.31. The number of furan rings is 1. The van der Waals surface area contributed by atoms with Gasteiger partial charge in [-0.15, -0.1) is 0 Å². The van der Waals surface area contributed by atoms with Crippen molar-refractivity contribution in [3.05, 3.63) is 89.0 Å². The molecule has 0 unspecified atom stereocenters. The summed E-state index contributed by atoms with van der Waals surface area (Å²) in [6.45, 7) is 0.231. The Labute approximate surface area is 172 Å². The van der Waals surface area contributed by atoms with Gasteiger partial charge in [0, 0.05) is 29.2 Å². The Morgan fingerprint density at radius 3 is 2.66 bits per heavy atom. The predicted molar refractivity (Wildman–Crippen MR) is 112 cm³/mol. The second-order valence-electron chi connectivity index (χ2n) is 6.58. The fraction of sp³-hybridized carbons (Fsp3) is 0.0909. The molecule has 146 valence electrons. The lowest BCUT2D eigenvalue weighted by Gasteiger charge is -2.11. The van der Waals surface area contributed by atoms with Gasteiger partial charge in [0.25, 0.3) is 11.8 Å². The number of carbonyl (C=O) groups excluding carboxylic acids is 2. The zero-order chi connectivity index (χ0) is 20.4.